The van der Waals surface area contributed by atoms with Gasteiger partial charge in [0.25, 0.3) is 5.91 Å². The van der Waals surface area contributed by atoms with Gasteiger partial charge in [0.15, 0.2) is 0 Å². The molecule has 1 aromatic rings. The Bertz CT molecular complexity index is 395. The zero-order chi connectivity index (χ0) is 12.0. The quantitative estimate of drug-likeness (QED) is 0.563. The molecule has 16 heavy (non-hydrogen) atoms. The van der Waals surface area contributed by atoms with Gasteiger partial charge in [-0.1, -0.05) is 0 Å². The number of rotatable bonds is 4. The Morgan fingerprint density at radius 2 is 2.06 bits per heavy atom. The highest BCUT2D eigenvalue weighted by Gasteiger charge is 2.10. The summed E-state index contributed by atoms with van der Waals surface area (Å²) < 4.78 is 13.0. The van der Waals surface area contributed by atoms with Crippen LogP contribution in [0.2, 0.25) is 0 Å². The summed E-state index contributed by atoms with van der Waals surface area (Å²) in [6.07, 6.45) is 1.27. The van der Waals surface area contributed by atoms with Gasteiger partial charge in [0, 0.05) is 26.2 Å². The number of nitrogens with zero attached hydrogens (tertiary/aromatic N) is 1. The highest BCUT2D eigenvalue weighted by atomic mass is 19.1. The Morgan fingerprint density at radius 1 is 1.38 bits per heavy atom. The van der Waals surface area contributed by atoms with E-state index in [4.69, 9.17) is 0 Å². The van der Waals surface area contributed by atoms with Gasteiger partial charge in [-0.05, 0) is 12.1 Å². The second kappa shape index (κ2) is 5.79. The summed E-state index contributed by atoms with van der Waals surface area (Å²) in [5.41, 5.74) is -0.106. The SMILES string of the molecule is CC(=O)NCCNC(=O)c1cccnc1F. The van der Waals surface area contributed by atoms with E-state index in [-0.39, 0.29) is 18.0 Å². The summed E-state index contributed by atoms with van der Waals surface area (Å²) in [7, 11) is 0. The Labute approximate surface area is 92.1 Å². The minimum absolute atomic E-state index is 0.106. The predicted molar refractivity (Wildman–Crippen MR) is 55.2 cm³/mol. The smallest absolute Gasteiger partial charge is 0.255 e. The highest BCUT2D eigenvalue weighted by molar-refractivity contribution is 5.94. The van der Waals surface area contributed by atoms with E-state index in [1.54, 1.807) is 0 Å². The highest BCUT2D eigenvalue weighted by Crippen LogP contribution is 2.01. The normalized spacial score (nSPS) is 9.62. The molecule has 1 aromatic heterocycles. The first-order valence-electron chi connectivity index (χ1n) is 4.74. The molecule has 0 aliphatic carbocycles. The van der Waals surface area contributed by atoms with Crippen molar-refractivity contribution in [3.63, 3.8) is 0 Å². The molecule has 2 N–H and O–H groups in total. The summed E-state index contributed by atoms with van der Waals surface area (Å²) in [6, 6.07) is 2.82. The summed E-state index contributed by atoms with van der Waals surface area (Å²) >= 11 is 0. The third kappa shape index (κ3) is 3.64. The van der Waals surface area contributed by atoms with Gasteiger partial charge in [0.2, 0.25) is 11.9 Å². The predicted octanol–water partition coefficient (Wildman–Crippen LogP) is 0.0866. The first kappa shape index (κ1) is 12.1. The van der Waals surface area contributed by atoms with Crippen molar-refractivity contribution in [1.29, 1.82) is 0 Å². The molecule has 0 atom stereocenters. The largest absolute Gasteiger partial charge is 0.355 e. The van der Waals surface area contributed by atoms with Gasteiger partial charge < -0.3 is 10.6 Å². The number of hydrogen-bond acceptors (Lipinski definition) is 3. The summed E-state index contributed by atoms with van der Waals surface area (Å²) in [5.74, 6) is -1.53. The van der Waals surface area contributed by atoms with Crippen molar-refractivity contribution in [3.8, 4) is 0 Å². The van der Waals surface area contributed by atoms with Crippen LogP contribution in [-0.4, -0.2) is 29.9 Å². The molecule has 0 aliphatic heterocycles. The fourth-order valence-corrected chi connectivity index (χ4v) is 1.07. The minimum Gasteiger partial charge on any atom is -0.355 e. The van der Waals surface area contributed by atoms with Crippen LogP contribution in [-0.2, 0) is 4.79 Å². The van der Waals surface area contributed by atoms with Crippen molar-refractivity contribution < 1.29 is 14.0 Å². The Morgan fingerprint density at radius 3 is 2.69 bits per heavy atom. The summed E-state index contributed by atoms with van der Waals surface area (Å²) in [5, 5.41) is 4.97. The third-order valence-electron chi connectivity index (χ3n) is 1.79. The maximum atomic E-state index is 13.0. The van der Waals surface area contributed by atoms with Crippen LogP contribution in [0.3, 0.4) is 0 Å². The lowest BCUT2D eigenvalue weighted by molar-refractivity contribution is -0.118. The topological polar surface area (TPSA) is 71.1 Å². The zero-order valence-electron chi connectivity index (χ0n) is 8.79. The first-order chi connectivity index (χ1) is 7.61. The van der Waals surface area contributed by atoms with Crippen molar-refractivity contribution in [3.05, 3.63) is 29.8 Å². The van der Waals surface area contributed by atoms with Gasteiger partial charge in [-0.15, -0.1) is 0 Å². The van der Waals surface area contributed by atoms with E-state index in [1.807, 2.05) is 0 Å². The van der Waals surface area contributed by atoms with Gasteiger partial charge in [-0.25, -0.2) is 4.98 Å². The molecule has 0 aliphatic rings. The molecule has 86 valence electrons. The van der Waals surface area contributed by atoms with Crippen molar-refractivity contribution >= 4 is 11.8 Å². The fourth-order valence-electron chi connectivity index (χ4n) is 1.07. The van der Waals surface area contributed by atoms with E-state index < -0.39 is 11.9 Å². The number of pyridine rings is 1. The van der Waals surface area contributed by atoms with Crippen LogP contribution in [0.4, 0.5) is 4.39 Å². The summed E-state index contributed by atoms with van der Waals surface area (Å²) in [6.45, 7) is 1.93. The molecule has 1 heterocycles. The second-order valence-corrected chi connectivity index (χ2v) is 3.08. The van der Waals surface area contributed by atoms with Crippen LogP contribution in [0.15, 0.2) is 18.3 Å². The molecule has 0 radical (unpaired) electrons. The molecule has 0 bridgehead atoms. The molecule has 6 heteroatoms. The van der Waals surface area contributed by atoms with Crippen LogP contribution in [0.25, 0.3) is 0 Å². The van der Waals surface area contributed by atoms with Crippen LogP contribution >= 0.6 is 0 Å². The van der Waals surface area contributed by atoms with E-state index in [2.05, 4.69) is 15.6 Å². The average molecular weight is 225 g/mol. The summed E-state index contributed by atoms with van der Waals surface area (Å²) in [4.78, 5) is 25.3. The minimum atomic E-state index is -0.806. The number of hydrogen-bond donors (Lipinski definition) is 2. The fraction of sp³-hybridized carbons (Fsp3) is 0.300. The lowest BCUT2D eigenvalue weighted by Crippen LogP contribution is -2.34. The van der Waals surface area contributed by atoms with Crippen LogP contribution in [0.1, 0.15) is 17.3 Å². The molecular formula is C10H12FN3O2. The van der Waals surface area contributed by atoms with Gasteiger partial charge in [-0.2, -0.15) is 4.39 Å². The van der Waals surface area contributed by atoms with Gasteiger partial charge in [-0.3, -0.25) is 9.59 Å². The number of aromatic nitrogens is 1. The molecule has 5 nitrogen and oxygen atoms in total. The van der Waals surface area contributed by atoms with E-state index in [0.717, 1.165) is 0 Å². The standard InChI is InChI=1S/C10H12FN3O2/c1-7(15)12-5-6-14-10(16)8-3-2-4-13-9(8)11/h2-4H,5-6H2,1H3,(H,12,15)(H,14,16). The van der Waals surface area contributed by atoms with E-state index >= 15 is 0 Å². The Hall–Kier alpha value is -1.98. The second-order valence-electron chi connectivity index (χ2n) is 3.08. The zero-order valence-corrected chi connectivity index (χ0v) is 8.79. The van der Waals surface area contributed by atoms with Crippen LogP contribution in [0, 0.1) is 5.95 Å². The molecule has 0 unspecified atom stereocenters. The lowest BCUT2D eigenvalue weighted by Gasteiger charge is -2.05. The number of carbonyl (C=O) groups is 2. The number of amides is 2. The van der Waals surface area contributed by atoms with E-state index in [1.165, 1.54) is 25.3 Å². The molecule has 0 saturated carbocycles. The van der Waals surface area contributed by atoms with Gasteiger partial charge in [0.1, 0.15) is 0 Å². The van der Waals surface area contributed by atoms with Gasteiger partial charge >= 0.3 is 0 Å². The van der Waals surface area contributed by atoms with Crippen molar-refractivity contribution in [2.24, 2.45) is 0 Å². The molecule has 0 aromatic carbocycles. The van der Waals surface area contributed by atoms with Crippen LogP contribution < -0.4 is 10.6 Å². The molecular weight excluding hydrogens is 213 g/mol. The average Bonchev–Trinajstić information content (AvgIpc) is 2.24. The van der Waals surface area contributed by atoms with E-state index in [0.29, 0.717) is 6.54 Å². The van der Waals surface area contributed by atoms with Crippen molar-refractivity contribution in [2.45, 2.75) is 6.92 Å². The van der Waals surface area contributed by atoms with E-state index in [9.17, 15) is 14.0 Å². The number of halogens is 1. The maximum absolute atomic E-state index is 13.0. The first-order valence-corrected chi connectivity index (χ1v) is 4.74. The maximum Gasteiger partial charge on any atom is 0.255 e. The lowest BCUT2D eigenvalue weighted by atomic mass is 10.2. The van der Waals surface area contributed by atoms with Crippen molar-refractivity contribution in [2.75, 3.05) is 13.1 Å². The Kier molecular flexibility index (Phi) is 4.38. The number of carbonyl (C=O) groups excluding carboxylic acids is 2. The molecule has 0 fully saturated rings. The van der Waals surface area contributed by atoms with Gasteiger partial charge in [0.05, 0.1) is 5.56 Å². The molecule has 0 spiro atoms. The molecule has 0 saturated heterocycles. The monoisotopic (exact) mass is 225 g/mol. The number of nitrogens with one attached hydrogen (secondary N) is 2. The molecule has 2 amide bonds. The Balaban J connectivity index is 2.41. The van der Waals surface area contributed by atoms with Crippen LogP contribution in [0.5, 0.6) is 0 Å². The molecule has 1 rings (SSSR count). The van der Waals surface area contributed by atoms with Crippen molar-refractivity contribution in [1.82, 2.24) is 15.6 Å². The third-order valence-corrected chi connectivity index (χ3v) is 1.79.